The summed E-state index contributed by atoms with van der Waals surface area (Å²) in [5.74, 6) is 0.270. The minimum absolute atomic E-state index is 0.224. The van der Waals surface area contributed by atoms with Crippen LogP contribution in [-0.2, 0) is 16.5 Å². The Kier molecular flexibility index (Phi) is 9.48. The monoisotopic (exact) mass is 420 g/mol. The van der Waals surface area contributed by atoms with E-state index in [1.54, 1.807) is 0 Å². The van der Waals surface area contributed by atoms with Gasteiger partial charge >= 0.3 is 0 Å². The smallest absolute Gasteiger partial charge is 0.298 e. The number of benzene rings is 2. The van der Waals surface area contributed by atoms with E-state index >= 15 is 0 Å². The average Bonchev–Trinajstić information content (AvgIpc) is 2.68. The Morgan fingerprint density at radius 3 is 1.93 bits per heavy atom. The highest BCUT2D eigenvalue weighted by atomic mass is 32.2. The lowest BCUT2D eigenvalue weighted by molar-refractivity contribution is 0.435. The first-order valence-corrected chi connectivity index (χ1v) is 11.9. The first-order valence-electron chi connectivity index (χ1n) is 10.5. The summed E-state index contributed by atoms with van der Waals surface area (Å²) in [6, 6.07) is 11.4. The highest BCUT2D eigenvalue weighted by Crippen LogP contribution is 2.30. The van der Waals surface area contributed by atoms with Crippen molar-refractivity contribution in [2.24, 2.45) is 0 Å². The topological polar surface area (TPSA) is 83.8 Å². The lowest BCUT2D eigenvalue weighted by atomic mass is 10.0. The molecule has 0 aliphatic carbocycles. The standard InChI is InChI=1S/C23H32O5S/c1-2-3-4-5-6-7-8-9-10-11-19-12-14-20(15-13-19)28-21-16-17-22(24)23(18-21)29(25,26)27/h12-18,24H,2-11H2,1H3,(H,25,26,27). The largest absolute Gasteiger partial charge is 0.506 e. The number of phenolic OH excluding ortho intramolecular Hbond substituents is 1. The minimum atomic E-state index is -4.51. The molecule has 160 valence electrons. The zero-order valence-corrected chi connectivity index (χ0v) is 18.0. The molecular formula is C23H32O5S. The number of aryl methyl sites for hydroxylation is 1. The lowest BCUT2D eigenvalue weighted by Gasteiger charge is -2.09. The summed E-state index contributed by atoms with van der Waals surface area (Å²) >= 11 is 0. The van der Waals surface area contributed by atoms with Crippen LogP contribution in [0.4, 0.5) is 0 Å². The molecule has 0 saturated carbocycles. The molecule has 0 spiro atoms. The van der Waals surface area contributed by atoms with Crippen molar-refractivity contribution in [2.75, 3.05) is 0 Å². The molecule has 2 aromatic rings. The third-order valence-corrected chi connectivity index (χ3v) is 5.82. The fraction of sp³-hybridized carbons (Fsp3) is 0.478. The third kappa shape index (κ3) is 8.46. The maximum atomic E-state index is 11.3. The van der Waals surface area contributed by atoms with Crippen LogP contribution in [0.2, 0.25) is 0 Å². The van der Waals surface area contributed by atoms with Gasteiger partial charge in [-0.3, -0.25) is 4.55 Å². The number of phenols is 1. The number of unbranched alkanes of at least 4 members (excludes halogenated alkanes) is 8. The highest BCUT2D eigenvalue weighted by molar-refractivity contribution is 7.86. The van der Waals surface area contributed by atoms with Crippen molar-refractivity contribution in [3.63, 3.8) is 0 Å². The van der Waals surface area contributed by atoms with Crippen molar-refractivity contribution in [3.8, 4) is 17.2 Å². The molecule has 2 rings (SSSR count). The molecule has 0 aliphatic heterocycles. The van der Waals surface area contributed by atoms with Crippen LogP contribution in [0, 0.1) is 0 Å². The molecule has 0 atom stereocenters. The Hall–Kier alpha value is -2.05. The van der Waals surface area contributed by atoms with E-state index in [-0.39, 0.29) is 5.75 Å². The van der Waals surface area contributed by atoms with Crippen LogP contribution < -0.4 is 4.74 Å². The van der Waals surface area contributed by atoms with E-state index in [9.17, 15) is 13.5 Å². The van der Waals surface area contributed by atoms with Gasteiger partial charge in [0.1, 0.15) is 22.1 Å². The highest BCUT2D eigenvalue weighted by Gasteiger charge is 2.16. The molecule has 2 aromatic carbocycles. The van der Waals surface area contributed by atoms with E-state index in [1.165, 1.54) is 75.5 Å². The summed E-state index contributed by atoms with van der Waals surface area (Å²) in [7, 11) is -4.51. The van der Waals surface area contributed by atoms with Gasteiger partial charge in [0.25, 0.3) is 10.1 Å². The van der Waals surface area contributed by atoms with Gasteiger partial charge in [-0.2, -0.15) is 8.42 Å². The zero-order valence-electron chi connectivity index (χ0n) is 17.1. The molecule has 0 amide bonds. The SMILES string of the molecule is CCCCCCCCCCCc1ccc(Oc2ccc(O)c(S(=O)(=O)O)c2)cc1. The number of rotatable bonds is 13. The fourth-order valence-corrected chi connectivity index (χ4v) is 3.86. The molecule has 5 nitrogen and oxygen atoms in total. The van der Waals surface area contributed by atoms with Crippen LogP contribution in [0.3, 0.4) is 0 Å². The minimum Gasteiger partial charge on any atom is -0.506 e. The molecule has 6 heteroatoms. The Morgan fingerprint density at radius 1 is 0.793 bits per heavy atom. The second-order valence-electron chi connectivity index (χ2n) is 7.43. The Morgan fingerprint density at radius 2 is 1.34 bits per heavy atom. The van der Waals surface area contributed by atoms with E-state index in [4.69, 9.17) is 9.29 Å². The second-order valence-corrected chi connectivity index (χ2v) is 8.82. The number of hydrogen-bond donors (Lipinski definition) is 2. The normalized spacial score (nSPS) is 11.5. The van der Waals surface area contributed by atoms with E-state index < -0.39 is 20.8 Å². The van der Waals surface area contributed by atoms with Gasteiger partial charge in [-0.15, -0.1) is 0 Å². The first kappa shape index (κ1) is 23.2. The first-order chi connectivity index (χ1) is 13.9. The molecule has 0 aromatic heterocycles. The van der Waals surface area contributed by atoms with Crippen LogP contribution in [0.1, 0.15) is 70.3 Å². The van der Waals surface area contributed by atoms with Crippen LogP contribution >= 0.6 is 0 Å². The molecule has 0 radical (unpaired) electrons. The van der Waals surface area contributed by atoms with Crippen LogP contribution in [0.15, 0.2) is 47.4 Å². The van der Waals surface area contributed by atoms with Crippen molar-refractivity contribution in [2.45, 2.75) is 76.0 Å². The van der Waals surface area contributed by atoms with E-state index in [0.717, 1.165) is 12.5 Å². The van der Waals surface area contributed by atoms with Gasteiger partial charge in [0.2, 0.25) is 0 Å². The van der Waals surface area contributed by atoms with Gasteiger partial charge in [-0.05, 0) is 42.7 Å². The third-order valence-electron chi connectivity index (χ3n) is 4.94. The Balaban J connectivity index is 1.75. The molecule has 0 unspecified atom stereocenters. The summed E-state index contributed by atoms with van der Waals surface area (Å²) < 4.78 is 37.3. The van der Waals surface area contributed by atoms with E-state index in [2.05, 4.69) is 6.92 Å². The van der Waals surface area contributed by atoms with Crippen molar-refractivity contribution in [1.82, 2.24) is 0 Å². The molecule has 0 bridgehead atoms. The fourth-order valence-electron chi connectivity index (χ4n) is 3.26. The van der Waals surface area contributed by atoms with Crippen molar-refractivity contribution in [1.29, 1.82) is 0 Å². The van der Waals surface area contributed by atoms with Crippen LogP contribution in [-0.4, -0.2) is 18.1 Å². The maximum absolute atomic E-state index is 11.3. The van der Waals surface area contributed by atoms with Gasteiger partial charge < -0.3 is 9.84 Å². The number of hydrogen-bond acceptors (Lipinski definition) is 4. The number of aromatic hydroxyl groups is 1. The molecule has 2 N–H and O–H groups in total. The van der Waals surface area contributed by atoms with Gasteiger partial charge in [-0.1, -0.05) is 70.4 Å². The van der Waals surface area contributed by atoms with Crippen molar-refractivity contribution in [3.05, 3.63) is 48.0 Å². The van der Waals surface area contributed by atoms with Gasteiger partial charge in [-0.25, -0.2) is 0 Å². The second kappa shape index (κ2) is 11.8. The van der Waals surface area contributed by atoms with Gasteiger partial charge in [0, 0.05) is 6.07 Å². The Labute approximate surface area is 174 Å². The summed E-state index contributed by atoms with van der Waals surface area (Å²) in [5, 5.41) is 9.56. The number of ether oxygens (including phenoxy) is 1. The van der Waals surface area contributed by atoms with Crippen LogP contribution in [0.25, 0.3) is 0 Å². The molecule has 0 fully saturated rings. The van der Waals surface area contributed by atoms with Crippen molar-refractivity contribution < 1.29 is 22.8 Å². The van der Waals surface area contributed by atoms with E-state index in [0.29, 0.717) is 5.75 Å². The predicted molar refractivity (Wildman–Crippen MR) is 115 cm³/mol. The van der Waals surface area contributed by atoms with Gasteiger partial charge in [0.15, 0.2) is 0 Å². The summed E-state index contributed by atoms with van der Waals surface area (Å²) in [4.78, 5) is -0.572. The molecular weight excluding hydrogens is 388 g/mol. The lowest BCUT2D eigenvalue weighted by Crippen LogP contribution is -1.99. The zero-order chi connectivity index (χ0) is 21.1. The van der Waals surface area contributed by atoms with Crippen LogP contribution in [0.5, 0.6) is 17.2 Å². The predicted octanol–water partition coefficient (Wildman–Crippen LogP) is 6.50. The molecule has 29 heavy (non-hydrogen) atoms. The average molecular weight is 421 g/mol. The van der Waals surface area contributed by atoms with Crippen molar-refractivity contribution >= 4 is 10.1 Å². The maximum Gasteiger partial charge on any atom is 0.298 e. The van der Waals surface area contributed by atoms with E-state index in [1.807, 2.05) is 24.3 Å². The quantitative estimate of drug-likeness (QED) is 0.285. The Bertz CT molecular complexity index is 844. The summed E-state index contributed by atoms with van der Waals surface area (Å²) in [6.07, 6.45) is 12.8. The summed E-state index contributed by atoms with van der Waals surface area (Å²) in [6.45, 7) is 2.24. The molecule has 0 heterocycles. The van der Waals surface area contributed by atoms with Gasteiger partial charge in [0.05, 0.1) is 0 Å². The molecule has 0 aliphatic rings. The molecule has 0 saturated heterocycles. The summed E-state index contributed by atoms with van der Waals surface area (Å²) in [5.41, 5.74) is 1.24.